The molecular weight excluding hydrogens is 424 g/mol. The third-order valence-electron chi connectivity index (χ3n) is 6.23. The number of piperidine rings is 1. The molecule has 0 radical (unpaired) electrons. The van der Waals surface area contributed by atoms with Gasteiger partial charge in [0.05, 0.1) is 12.2 Å². The van der Waals surface area contributed by atoms with Gasteiger partial charge in [0.2, 0.25) is 0 Å². The standard InChI is InChI=1S/C26H29ClN2O3/c1-3-32-22-10-6-20(7-11-22)23-24(28-15-12-18(2)13-16-28)26(31)29(25(23)30)17-14-19-4-8-21(27)9-5-19/h4-11,18H,3,12-17H2,1-2H3. The minimum absolute atomic E-state index is 0.192. The van der Waals surface area contributed by atoms with E-state index in [0.29, 0.717) is 41.8 Å². The van der Waals surface area contributed by atoms with Crippen molar-refractivity contribution in [2.75, 3.05) is 26.2 Å². The molecule has 168 valence electrons. The van der Waals surface area contributed by atoms with E-state index in [1.807, 2.05) is 55.5 Å². The second kappa shape index (κ2) is 9.78. The van der Waals surface area contributed by atoms with Crippen LogP contribution >= 0.6 is 11.6 Å². The van der Waals surface area contributed by atoms with Gasteiger partial charge in [-0.1, -0.05) is 42.8 Å². The number of ether oxygens (including phenoxy) is 1. The number of hydrogen-bond acceptors (Lipinski definition) is 4. The summed E-state index contributed by atoms with van der Waals surface area (Å²) in [6.45, 7) is 6.67. The van der Waals surface area contributed by atoms with Crippen LogP contribution in [0.3, 0.4) is 0 Å². The minimum atomic E-state index is -0.221. The molecule has 2 aromatic rings. The Bertz CT molecular complexity index is 1010. The molecular formula is C26H29ClN2O3. The van der Waals surface area contributed by atoms with Crippen LogP contribution in [-0.2, 0) is 16.0 Å². The Hall–Kier alpha value is -2.79. The molecule has 0 atom stereocenters. The highest BCUT2D eigenvalue weighted by Crippen LogP contribution is 2.34. The lowest BCUT2D eigenvalue weighted by atomic mass is 9.97. The topological polar surface area (TPSA) is 49.9 Å². The summed E-state index contributed by atoms with van der Waals surface area (Å²) in [6, 6.07) is 15.0. The van der Waals surface area contributed by atoms with Crippen molar-refractivity contribution < 1.29 is 14.3 Å². The quantitative estimate of drug-likeness (QED) is 0.566. The Kier molecular flexibility index (Phi) is 6.85. The monoisotopic (exact) mass is 452 g/mol. The number of rotatable bonds is 7. The molecule has 0 N–H and O–H groups in total. The fourth-order valence-electron chi connectivity index (χ4n) is 4.33. The second-order valence-corrected chi connectivity index (χ2v) is 8.93. The van der Waals surface area contributed by atoms with Crippen molar-refractivity contribution >= 4 is 29.0 Å². The zero-order valence-electron chi connectivity index (χ0n) is 18.6. The van der Waals surface area contributed by atoms with Crippen molar-refractivity contribution in [3.05, 3.63) is 70.4 Å². The highest BCUT2D eigenvalue weighted by molar-refractivity contribution is 6.35. The van der Waals surface area contributed by atoms with Crippen LogP contribution in [0.2, 0.25) is 5.02 Å². The maximum atomic E-state index is 13.5. The van der Waals surface area contributed by atoms with Gasteiger partial charge in [-0.2, -0.15) is 0 Å². The van der Waals surface area contributed by atoms with E-state index < -0.39 is 0 Å². The number of carbonyl (C=O) groups is 2. The number of amides is 2. The Morgan fingerprint density at radius 1 is 0.969 bits per heavy atom. The van der Waals surface area contributed by atoms with E-state index in [1.54, 1.807) is 0 Å². The average Bonchev–Trinajstić information content (AvgIpc) is 3.04. The number of halogens is 1. The predicted octanol–water partition coefficient (Wildman–Crippen LogP) is 4.79. The molecule has 0 unspecified atom stereocenters. The zero-order chi connectivity index (χ0) is 22.7. The maximum absolute atomic E-state index is 13.5. The highest BCUT2D eigenvalue weighted by atomic mass is 35.5. The summed E-state index contributed by atoms with van der Waals surface area (Å²) < 4.78 is 5.55. The first kappa shape index (κ1) is 22.4. The summed E-state index contributed by atoms with van der Waals surface area (Å²) in [6.07, 6.45) is 2.63. The van der Waals surface area contributed by atoms with Crippen LogP contribution in [0.5, 0.6) is 5.75 Å². The van der Waals surface area contributed by atoms with Crippen LogP contribution in [0.15, 0.2) is 54.2 Å². The second-order valence-electron chi connectivity index (χ2n) is 8.49. The van der Waals surface area contributed by atoms with Crippen LogP contribution in [0.1, 0.15) is 37.8 Å². The molecule has 0 saturated carbocycles. The number of nitrogens with zero attached hydrogens (tertiary/aromatic N) is 2. The molecule has 0 aromatic heterocycles. The largest absolute Gasteiger partial charge is 0.494 e. The Morgan fingerprint density at radius 3 is 2.25 bits per heavy atom. The molecule has 5 nitrogen and oxygen atoms in total. The van der Waals surface area contributed by atoms with Gasteiger partial charge in [-0.15, -0.1) is 0 Å². The molecule has 0 aliphatic carbocycles. The molecule has 0 bridgehead atoms. The fourth-order valence-corrected chi connectivity index (χ4v) is 4.45. The van der Waals surface area contributed by atoms with Crippen molar-refractivity contribution in [2.45, 2.75) is 33.1 Å². The normalized spacial score (nSPS) is 17.5. The zero-order valence-corrected chi connectivity index (χ0v) is 19.4. The first-order chi connectivity index (χ1) is 15.5. The number of hydrogen-bond donors (Lipinski definition) is 0. The summed E-state index contributed by atoms with van der Waals surface area (Å²) in [5, 5.41) is 0.670. The van der Waals surface area contributed by atoms with E-state index in [0.717, 1.165) is 42.8 Å². The summed E-state index contributed by atoms with van der Waals surface area (Å²) >= 11 is 5.98. The molecule has 2 amide bonds. The van der Waals surface area contributed by atoms with Gasteiger partial charge in [-0.05, 0) is 67.5 Å². The number of benzene rings is 2. The molecule has 0 spiro atoms. The number of likely N-dealkylation sites (tertiary alicyclic amines) is 1. The van der Waals surface area contributed by atoms with Crippen LogP contribution in [0, 0.1) is 5.92 Å². The van der Waals surface area contributed by atoms with E-state index in [-0.39, 0.29) is 11.8 Å². The predicted molar refractivity (Wildman–Crippen MR) is 126 cm³/mol. The van der Waals surface area contributed by atoms with E-state index >= 15 is 0 Å². The van der Waals surface area contributed by atoms with Gasteiger partial charge in [0.25, 0.3) is 11.8 Å². The van der Waals surface area contributed by atoms with Gasteiger partial charge < -0.3 is 9.64 Å². The Balaban J connectivity index is 1.62. The van der Waals surface area contributed by atoms with E-state index in [4.69, 9.17) is 16.3 Å². The SMILES string of the molecule is CCOc1ccc(C2=C(N3CCC(C)CC3)C(=O)N(CCc3ccc(Cl)cc3)C2=O)cc1. The molecule has 4 rings (SSSR count). The van der Waals surface area contributed by atoms with Crippen molar-refractivity contribution in [1.82, 2.24) is 9.80 Å². The first-order valence-electron chi connectivity index (χ1n) is 11.3. The fraction of sp³-hybridized carbons (Fsp3) is 0.385. The molecule has 1 fully saturated rings. The molecule has 1 saturated heterocycles. The summed E-state index contributed by atoms with van der Waals surface area (Å²) in [7, 11) is 0. The van der Waals surface area contributed by atoms with Gasteiger partial charge in [0.15, 0.2) is 0 Å². The maximum Gasteiger partial charge on any atom is 0.277 e. The van der Waals surface area contributed by atoms with Gasteiger partial charge >= 0.3 is 0 Å². The molecule has 32 heavy (non-hydrogen) atoms. The number of imide groups is 1. The lowest BCUT2D eigenvalue weighted by molar-refractivity contribution is -0.137. The van der Waals surface area contributed by atoms with Crippen LogP contribution in [0.25, 0.3) is 5.57 Å². The molecule has 2 aliphatic rings. The summed E-state index contributed by atoms with van der Waals surface area (Å²) in [5.41, 5.74) is 2.85. The van der Waals surface area contributed by atoms with Crippen molar-refractivity contribution in [3.63, 3.8) is 0 Å². The molecule has 2 aliphatic heterocycles. The van der Waals surface area contributed by atoms with Crippen molar-refractivity contribution in [3.8, 4) is 5.75 Å². The molecule has 6 heteroatoms. The van der Waals surface area contributed by atoms with Gasteiger partial charge in [-0.25, -0.2) is 0 Å². The number of carbonyl (C=O) groups excluding carboxylic acids is 2. The summed E-state index contributed by atoms with van der Waals surface area (Å²) in [4.78, 5) is 30.5. The molecule has 2 heterocycles. The highest BCUT2D eigenvalue weighted by Gasteiger charge is 2.41. The van der Waals surface area contributed by atoms with Crippen molar-refractivity contribution in [1.29, 1.82) is 0 Å². The van der Waals surface area contributed by atoms with E-state index in [2.05, 4.69) is 11.8 Å². The lowest BCUT2D eigenvalue weighted by Crippen LogP contribution is -2.39. The Morgan fingerprint density at radius 2 is 1.62 bits per heavy atom. The van der Waals surface area contributed by atoms with E-state index in [9.17, 15) is 9.59 Å². The van der Waals surface area contributed by atoms with Gasteiger partial charge in [0.1, 0.15) is 11.4 Å². The van der Waals surface area contributed by atoms with Crippen LogP contribution in [0.4, 0.5) is 0 Å². The third-order valence-corrected chi connectivity index (χ3v) is 6.49. The lowest BCUT2D eigenvalue weighted by Gasteiger charge is -2.32. The van der Waals surface area contributed by atoms with Crippen LogP contribution in [-0.4, -0.2) is 47.9 Å². The minimum Gasteiger partial charge on any atom is -0.494 e. The van der Waals surface area contributed by atoms with Gasteiger partial charge in [0, 0.05) is 24.7 Å². The first-order valence-corrected chi connectivity index (χ1v) is 11.7. The smallest absolute Gasteiger partial charge is 0.277 e. The Labute approximate surface area is 194 Å². The molecule has 2 aromatic carbocycles. The van der Waals surface area contributed by atoms with Crippen LogP contribution < -0.4 is 4.74 Å². The summed E-state index contributed by atoms with van der Waals surface area (Å²) in [5.74, 6) is 0.972. The van der Waals surface area contributed by atoms with E-state index in [1.165, 1.54) is 4.90 Å². The van der Waals surface area contributed by atoms with Crippen molar-refractivity contribution in [2.24, 2.45) is 5.92 Å². The third kappa shape index (κ3) is 4.68. The van der Waals surface area contributed by atoms with Gasteiger partial charge in [-0.3, -0.25) is 14.5 Å². The average molecular weight is 453 g/mol.